The van der Waals surface area contributed by atoms with Gasteiger partial charge < -0.3 is 9.62 Å². The molecule has 0 fully saturated rings. The van der Waals surface area contributed by atoms with Crippen LogP contribution in [0.2, 0.25) is 10.0 Å². The van der Waals surface area contributed by atoms with Gasteiger partial charge in [0, 0.05) is 0 Å². The molecular formula is C11H7Cl2N3O6. The van der Waals surface area contributed by atoms with Gasteiger partial charge in [-0.1, -0.05) is 23.2 Å². The zero-order chi connectivity index (χ0) is 16.4. The first-order valence-electron chi connectivity index (χ1n) is 5.51. The van der Waals surface area contributed by atoms with Crippen molar-refractivity contribution in [3.63, 3.8) is 0 Å². The summed E-state index contributed by atoms with van der Waals surface area (Å²) >= 11 is 11.6. The summed E-state index contributed by atoms with van der Waals surface area (Å²) in [4.78, 5) is 40.7. The van der Waals surface area contributed by atoms with Crippen molar-refractivity contribution in [3.8, 4) is 11.4 Å². The van der Waals surface area contributed by atoms with Crippen LogP contribution in [0, 0.1) is 0 Å². The van der Waals surface area contributed by atoms with Gasteiger partial charge in [-0.2, -0.15) is 9.78 Å². The summed E-state index contributed by atoms with van der Waals surface area (Å²) in [6.07, 6.45) is 0. The minimum atomic E-state index is -1.03. The van der Waals surface area contributed by atoms with Crippen molar-refractivity contribution in [1.29, 1.82) is 0 Å². The summed E-state index contributed by atoms with van der Waals surface area (Å²) in [7, 11) is 1.06. The third-order valence-corrected chi connectivity index (χ3v) is 3.09. The predicted octanol–water partition coefficient (Wildman–Crippen LogP) is 0.866. The number of carbonyl (C=O) groups is 1. The lowest BCUT2D eigenvalue weighted by Crippen LogP contribution is -2.36. The molecule has 0 saturated carbocycles. The number of H-pyrrole nitrogens is 1. The second kappa shape index (κ2) is 6.18. The Bertz CT molecular complexity index is 837. The van der Waals surface area contributed by atoms with Gasteiger partial charge in [0.1, 0.15) is 0 Å². The highest BCUT2D eigenvalue weighted by Crippen LogP contribution is 2.34. The second-order valence-corrected chi connectivity index (χ2v) is 4.66. The number of ether oxygens (including phenoxy) is 1. The molecule has 9 nitrogen and oxygen atoms in total. The van der Waals surface area contributed by atoms with Crippen LogP contribution in [0.25, 0.3) is 5.69 Å². The maximum atomic E-state index is 11.8. The smallest absolute Gasteiger partial charge is 0.364 e. The molecule has 0 aliphatic rings. The molecule has 2 N–H and O–H groups in total. The number of halogens is 2. The van der Waals surface area contributed by atoms with Crippen LogP contribution in [-0.4, -0.2) is 33.1 Å². The first-order valence-corrected chi connectivity index (χ1v) is 6.27. The number of carbonyl (C=O) groups excluding carboxylic acids is 1. The fraction of sp³-hybridized carbons (Fsp3) is 0.0909. The van der Waals surface area contributed by atoms with E-state index in [0.29, 0.717) is 4.68 Å². The lowest BCUT2D eigenvalue weighted by Gasteiger charge is -2.08. The fourth-order valence-corrected chi connectivity index (χ4v) is 2.11. The molecule has 116 valence electrons. The first-order chi connectivity index (χ1) is 10.4. The summed E-state index contributed by atoms with van der Waals surface area (Å²) in [6.45, 7) is 0. The van der Waals surface area contributed by atoms with Crippen molar-refractivity contribution in [2.45, 2.75) is 0 Å². The van der Waals surface area contributed by atoms with Crippen LogP contribution in [0.3, 0.4) is 0 Å². The number of benzene rings is 1. The Hall–Kier alpha value is -2.36. The Morgan fingerprint density at radius 2 is 1.91 bits per heavy atom. The Morgan fingerprint density at radius 3 is 2.41 bits per heavy atom. The Kier molecular flexibility index (Phi) is 4.50. The van der Waals surface area contributed by atoms with E-state index in [1.165, 1.54) is 12.1 Å². The SMILES string of the molecule is COC(=O)c1nn(-c2cc(Cl)c(OO)c(Cl)c2)c(=O)[nH]c1=O. The van der Waals surface area contributed by atoms with Crippen LogP contribution in [-0.2, 0) is 4.74 Å². The number of aromatic amines is 1. The van der Waals surface area contributed by atoms with Gasteiger partial charge in [-0.25, -0.2) is 14.8 Å². The van der Waals surface area contributed by atoms with Crippen LogP contribution in [0.4, 0.5) is 0 Å². The molecule has 1 heterocycles. The van der Waals surface area contributed by atoms with E-state index in [0.717, 1.165) is 7.11 Å². The van der Waals surface area contributed by atoms with Crippen LogP contribution in [0.1, 0.15) is 10.5 Å². The highest BCUT2D eigenvalue weighted by Gasteiger charge is 2.18. The van der Waals surface area contributed by atoms with Gasteiger partial charge in [0.25, 0.3) is 5.56 Å². The summed E-state index contributed by atoms with van der Waals surface area (Å²) in [5.74, 6) is -1.25. The van der Waals surface area contributed by atoms with Crippen molar-refractivity contribution in [2.75, 3.05) is 7.11 Å². The van der Waals surface area contributed by atoms with E-state index in [1.807, 2.05) is 4.98 Å². The zero-order valence-electron chi connectivity index (χ0n) is 10.8. The first kappa shape index (κ1) is 16.0. The number of hydrogen-bond donors (Lipinski definition) is 2. The average Bonchev–Trinajstić information content (AvgIpc) is 2.46. The Morgan fingerprint density at radius 1 is 1.32 bits per heavy atom. The minimum absolute atomic E-state index is 0.0298. The van der Waals surface area contributed by atoms with Gasteiger partial charge in [0.05, 0.1) is 22.8 Å². The molecule has 0 aliphatic carbocycles. The quantitative estimate of drug-likeness (QED) is 0.479. The molecule has 22 heavy (non-hydrogen) atoms. The van der Waals surface area contributed by atoms with Gasteiger partial charge in [-0.15, -0.1) is 0 Å². The van der Waals surface area contributed by atoms with E-state index in [4.69, 9.17) is 28.5 Å². The summed E-state index contributed by atoms with van der Waals surface area (Å²) in [5, 5.41) is 12.0. The van der Waals surface area contributed by atoms with Crippen molar-refractivity contribution in [2.24, 2.45) is 0 Å². The molecule has 0 amide bonds. The summed E-state index contributed by atoms with van der Waals surface area (Å²) in [5.41, 5.74) is -2.53. The molecule has 0 atom stereocenters. The summed E-state index contributed by atoms with van der Waals surface area (Å²) in [6, 6.07) is 2.37. The molecule has 1 aromatic carbocycles. The second-order valence-electron chi connectivity index (χ2n) is 3.84. The summed E-state index contributed by atoms with van der Waals surface area (Å²) < 4.78 is 5.08. The normalized spacial score (nSPS) is 10.4. The molecule has 0 spiro atoms. The van der Waals surface area contributed by atoms with Gasteiger partial charge >= 0.3 is 11.7 Å². The zero-order valence-corrected chi connectivity index (χ0v) is 12.3. The molecule has 11 heteroatoms. The van der Waals surface area contributed by atoms with Crippen molar-refractivity contribution in [3.05, 3.63) is 48.7 Å². The van der Waals surface area contributed by atoms with Crippen LogP contribution in [0.15, 0.2) is 21.7 Å². The van der Waals surface area contributed by atoms with E-state index in [-0.39, 0.29) is 21.5 Å². The monoisotopic (exact) mass is 347 g/mol. The van der Waals surface area contributed by atoms with E-state index >= 15 is 0 Å². The number of nitrogens with one attached hydrogen (secondary N) is 1. The lowest BCUT2D eigenvalue weighted by molar-refractivity contribution is -0.137. The largest absolute Gasteiger partial charge is 0.464 e. The average molecular weight is 348 g/mol. The Labute approximate surface area is 131 Å². The Balaban J connectivity index is 2.70. The third kappa shape index (κ3) is 2.82. The lowest BCUT2D eigenvalue weighted by atomic mass is 10.3. The topological polar surface area (TPSA) is 124 Å². The van der Waals surface area contributed by atoms with Crippen LogP contribution in [0.5, 0.6) is 5.75 Å². The number of hydrogen-bond acceptors (Lipinski definition) is 7. The predicted molar refractivity (Wildman–Crippen MR) is 75.1 cm³/mol. The molecule has 0 bridgehead atoms. The minimum Gasteiger partial charge on any atom is -0.464 e. The van der Waals surface area contributed by atoms with E-state index < -0.39 is 22.9 Å². The molecule has 0 aliphatic heterocycles. The number of esters is 1. The number of nitrogens with zero attached hydrogens (tertiary/aromatic N) is 2. The number of aromatic nitrogens is 3. The van der Waals surface area contributed by atoms with Gasteiger partial charge in [-0.05, 0) is 12.1 Å². The van der Waals surface area contributed by atoms with E-state index in [1.54, 1.807) is 0 Å². The molecular weight excluding hydrogens is 341 g/mol. The highest BCUT2D eigenvalue weighted by molar-refractivity contribution is 6.37. The van der Waals surface area contributed by atoms with Gasteiger partial charge in [0.15, 0.2) is 0 Å². The number of methoxy groups -OCH3 is 1. The molecule has 2 aromatic rings. The maximum absolute atomic E-state index is 11.8. The molecule has 0 unspecified atom stereocenters. The molecule has 2 rings (SSSR count). The van der Waals surface area contributed by atoms with Crippen LogP contribution < -0.4 is 16.1 Å². The number of rotatable bonds is 3. The molecule has 0 saturated heterocycles. The van der Waals surface area contributed by atoms with Crippen molar-refractivity contribution >= 4 is 29.2 Å². The van der Waals surface area contributed by atoms with E-state index in [9.17, 15) is 14.4 Å². The standard InChI is InChI=1S/C11H7Cl2N3O6/c1-21-10(18)7-9(17)14-11(19)16(15-7)4-2-5(12)8(22-20)6(13)3-4/h2-3,20H,1H3,(H,14,17,19). The highest BCUT2D eigenvalue weighted by atomic mass is 35.5. The maximum Gasteiger partial charge on any atom is 0.364 e. The van der Waals surface area contributed by atoms with Gasteiger partial charge in [-0.3, -0.25) is 9.78 Å². The van der Waals surface area contributed by atoms with E-state index in [2.05, 4.69) is 14.7 Å². The molecule has 0 radical (unpaired) electrons. The van der Waals surface area contributed by atoms with Crippen molar-refractivity contribution in [1.82, 2.24) is 14.8 Å². The van der Waals surface area contributed by atoms with Crippen molar-refractivity contribution < 1.29 is 19.7 Å². The molecule has 1 aromatic heterocycles. The third-order valence-electron chi connectivity index (χ3n) is 2.53. The van der Waals surface area contributed by atoms with Crippen LogP contribution >= 0.6 is 23.2 Å². The van der Waals surface area contributed by atoms with Gasteiger partial charge in [0.2, 0.25) is 11.4 Å². The fourth-order valence-electron chi connectivity index (χ4n) is 1.56.